The van der Waals surface area contributed by atoms with E-state index in [2.05, 4.69) is 21.2 Å². The zero-order chi connectivity index (χ0) is 19.3. The largest absolute Gasteiger partial charge is 0.478 e. The maximum Gasteiger partial charge on any atom is 0.332 e. The fourth-order valence-corrected chi connectivity index (χ4v) is 3.63. The number of esters is 1. The Labute approximate surface area is 160 Å². The van der Waals surface area contributed by atoms with Crippen molar-refractivity contribution in [2.24, 2.45) is 0 Å². The van der Waals surface area contributed by atoms with E-state index >= 15 is 0 Å². The van der Waals surface area contributed by atoms with E-state index in [0.29, 0.717) is 18.4 Å². The molecule has 0 saturated heterocycles. The fourth-order valence-electron chi connectivity index (χ4n) is 3.16. The average Bonchev–Trinajstić information content (AvgIpc) is 2.61. The quantitative estimate of drug-likeness (QED) is 0.683. The summed E-state index contributed by atoms with van der Waals surface area (Å²) >= 11 is 3.40. The summed E-state index contributed by atoms with van der Waals surface area (Å²) in [6.45, 7) is 1.89. The Morgan fingerprint density at radius 3 is 2.46 bits per heavy atom. The van der Waals surface area contributed by atoms with E-state index in [0.717, 1.165) is 28.4 Å². The molecule has 0 saturated carbocycles. The van der Waals surface area contributed by atoms with Gasteiger partial charge in [-0.1, -0.05) is 22.0 Å². The van der Waals surface area contributed by atoms with E-state index in [1.54, 1.807) is 0 Å². The molecule has 2 N–H and O–H groups in total. The molecular weight excluding hydrogens is 402 g/mol. The number of hydrogen-bond donors (Lipinski definition) is 2. The third-order valence-corrected chi connectivity index (χ3v) is 5.00. The Kier molecular flexibility index (Phi) is 6.97. The normalized spacial score (nSPS) is 15.3. The Hall–Kier alpha value is -2.15. The van der Waals surface area contributed by atoms with Crippen LogP contribution < -0.4 is 5.32 Å². The summed E-state index contributed by atoms with van der Waals surface area (Å²) in [5.74, 6) is -1.94. The first kappa shape index (κ1) is 20.2. The summed E-state index contributed by atoms with van der Waals surface area (Å²) in [5, 5.41) is 12.2. The lowest BCUT2D eigenvalue weighted by molar-refractivity contribution is -0.141. The van der Waals surface area contributed by atoms with Gasteiger partial charge < -0.3 is 15.2 Å². The summed E-state index contributed by atoms with van der Waals surface area (Å²) in [4.78, 5) is 36.0. The third kappa shape index (κ3) is 4.94. The van der Waals surface area contributed by atoms with Gasteiger partial charge in [0.15, 0.2) is 0 Å². The number of amides is 1. The summed E-state index contributed by atoms with van der Waals surface area (Å²) in [7, 11) is 1.29. The van der Waals surface area contributed by atoms with Crippen LogP contribution in [0.3, 0.4) is 0 Å². The molecule has 1 aliphatic rings. The number of carboxylic acid groups (broad SMARTS) is 1. The minimum absolute atomic E-state index is 0.0274. The molecule has 1 amide bonds. The van der Waals surface area contributed by atoms with Gasteiger partial charge in [0.05, 0.1) is 19.6 Å². The molecule has 0 unspecified atom stereocenters. The number of carbonyl (C=O) groups excluding carboxylic acids is 2. The number of rotatable bonds is 6. The van der Waals surface area contributed by atoms with Crippen LogP contribution >= 0.6 is 15.9 Å². The number of halogens is 1. The van der Waals surface area contributed by atoms with Crippen molar-refractivity contribution in [1.29, 1.82) is 0 Å². The Balaban J connectivity index is 2.32. The van der Waals surface area contributed by atoms with E-state index < -0.39 is 23.9 Å². The number of aliphatic carboxylic acids is 1. The van der Waals surface area contributed by atoms with Crippen molar-refractivity contribution in [3.8, 4) is 0 Å². The molecule has 140 valence electrons. The van der Waals surface area contributed by atoms with Gasteiger partial charge in [0.1, 0.15) is 0 Å². The number of ether oxygens (including phenoxy) is 1. The van der Waals surface area contributed by atoms with Crippen LogP contribution in [0.4, 0.5) is 0 Å². The van der Waals surface area contributed by atoms with Crippen LogP contribution in [-0.4, -0.2) is 30.1 Å². The van der Waals surface area contributed by atoms with Crippen molar-refractivity contribution in [2.75, 3.05) is 7.11 Å². The van der Waals surface area contributed by atoms with Gasteiger partial charge in [-0.05, 0) is 55.9 Å². The minimum Gasteiger partial charge on any atom is -0.478 e. The minimum atomic E-state index is -1.06. The van der Waals surface area contributed by atoms with E-state index in [-0.39, 0.29) is 12.0 Å². The molecule has 1 atom stereocenters. The number of hydrogen-bond acceptors (Lipinski definition) is 4. The highest BCUT2D eigenvalue weighted by molar-refractivity contribution is 9.10. The van der Waals surface area contributed by atoms with Crippen LogP contribution in [0.1, 0.15) is 49.3 Å². The standard InChI is InChI=1S/C19H22BrNO5/c1-11-9-12(20)7-8-13(11)16(10-17(22)26-2)21-18(23)14-5-3-4-6-15(14)19(24)25/h7-9,16H,3-6,10H2,1-2H3,(H,21,23)(H,24,25)/t16-/m1/s1. The molecule has 6 nitrogen and oxygen atoms in total. The number of benzene rings is 1. The maximum absolute atomic E-state index is 12.8. The lowest BCUT2D eigenvalue weighted by atomic mass is 9.90. The molecule has 1 aromatic rings. The number of carboxylic acids is 1. The molecular formula is C19H22BrNO5. The highest BCUT2D eigenvalue weighted by Gasteiger charge is 2.27. The number of methoxy groups -OCH3 is 1. The van der Waals surface area contributed by atoms with Crippen LogP contribution in [0.5, 0.6) is 0 Å². The van der Waals surface area contributed by atoms with E-state index in [1.165, 1.54) is 7.11 Å². The Morgan fingerprint density at radius 2 is 1.88 bits per heavy atom. The predicted molar refractivity (Wildman–Crippen MR) is 99.5 cm³/mol. The lowest BCUT2D eigenvalue weighted by Gasteiger charge is -2.23. The first-order chi connectivity index (χ1) is 12.3. The van der Waals surface area contributed by atoms with Crippen molar-refractivity contribution in [2.45, 2.75) is 45.1 Å². The van der Waals surface area contributed by atoms with Crippen molar-refractivity contribution in [1.82, 2.24) is 5.32 Å². The number of carbonyl (C=O) groups is 3. The van der Waals surface area contributed by atoms with Gasteiger partial charge in [0, 0.05) is 15.6 Å². The predicted octanol–water partition coefficient (Wildman–Crippen LogP) is 3.43. The van der Waals surface area contributed by atoms with Crippen molar-refractivity contribution >= 4 is 33.8 Å². The molecule has 1 aliphatic carbocycles. The van der Waals surface area contributed by atoms with Gasteiger partial charge in [-0.25, -0.2) is 4.79 Å². The summed E-state index contributed by atoms with van der Waals surface area (Å²) in [6, 6.07) is 4.98. The first-order valence-corrected chi connectivity index (χ1v) is 9.21. The fraction of sp³-hybridized carbons (Fsp3) is 0.421. The molecule has 0 radical (unpaired) electrons. The van der Waals surface area contributed by atoms with Crippen molar-refractivity contribution in [3.63, 3.8) is 0 Å². The van der Waals surface area contributed by atoms with Crippen LogP contribution in [-0.2, 0) is 19.1 Å². The Morgan fingerprint density at radius 1 is 1.23 bits per heavy atom. The topological polar surface area (TPSA) is 92.7 Å². The second-order valence-electron chi connectivity index (χ2n) is 6.28. The molecule has 0 fully saturated rings. The van der Waals surface area contributed by atoms with Crippen molar-refractivity contribution in [3.05, 3.63) is 44.9 Å². The van der Waals surface area contributed by atoms with Gasteiger partial charge in [-0.3, -0.25) is 9.59 Å². The molecule has 7 heteroatoms. The van der Waals surface area contributed by atoms with E-state index in [1.807, 2.05) is 25.1 Å². The summed E-state index contributed by atoms with van der Waals surface area (Å²) in [5.41, 5.74) is 2.16. The summed E-state index contributed by atoms with van der Waals surface area (Å²) in [6.07, 6.45) is 2.32. The van der Waals surface area contributed by atoms with Crippen LogP contribution in [0.25, 0.3) is 0 Å². The second kappa shape index (κ2) is 8.98. The van der Waals surface area contributed by atoms with Crippen LogP contribution in [0.15, 0.2) is 33.8 Å². The zero-order valence-corrected chi connectivity index (χ0v) is 16.4. The lowest BCUT2D eigenvalue weighted by Crippen LogP contribution is -2.33. The van der Waals surface area contributed by atoms with Crippen LogP contribution in [0, 0.1) is 6.92 Å². The van der Waals surface area contributed by atoms with Crippen LogP contribution in [0.2, 0.25) is 0 Å². The highest BCUT2D eigenvalue weighted by Crippen LogP contribution is 2.28. The molecule has 0 heterocycles. The average molecular weight is 424 g/mol. The molecule has 2 rings (SSSR count). The SMILES string of the molecule is COC(=O)C[C@@H](NC(=O)C1=C(C(=O)O)CCCC1)c1ccc(Br)cc1C. The first-order valence-electron chi connectivity index (χ1n) is 8.42. The summed E-state index contributed by atoms with van der Waals surface area (Å²) < 4.78 is 5.64. The highest BCUT2D eigenvalue weighted by atomic mass is 79.9. The molecule has 26 heavy (non-hydrogen) atoms. The van der Waals surface area contributed by atoms with Gasteiger partial charge >= 0.3 is 11.9 Å². The monoisotopic (exact) mass is 423 g/mol. The smallest absolute Gasteiger partial charge is 0.332 e. The van der Waals surface area contributed by atoms with E-state index in [4.69, 9.17) is 4.74 Å². The molecule has 0 aliphatic heterocycles. The number of aryl methyl sites for hydroxylation is 1. The van der Waals surface area contributed by atoms with Gasteiger partial charge in [0.2, 0.25) is 5.91 Å². The number of nitrogens with one attached hydrogen (secondary N) is 1. The molecule has 0 aromatic heterocycles. The van der Waals surface area contributed by atoms with Gasteiger partial charge in [-0.2, -0.15) is 0 Å². The molecule has 0 bridgehead atoms. The van der Waals surface area contributed by atoms with Crippen molar-refractivity contribution < 1.29 is 24.2 Å². The Bertz CT molecular complexity index is 756. The maximum atomic E-state index is 12.8. The van der Waals surface area contributed by atoms with Gasteiger partial charge in [-0.15, -0.1) is 0 Å². The molecule has 1 aromatic carbocycles. The second-order valence-corrected chi connectivity index (χ2v) is 7.19. The van der Waals surface area contributed by atoms with E-state index in [9.17, 15) is 19.5 Å². The molecule has 0 spiro atoms. The zero-order valence-electron chi connectivity index (χ0n) is 14.8. The van der Waals surface area contributed by atoms with Gasteiger partial charge in [0.25, 0.3) is 0 Å². The third-order valence-electron chi connectivity index (χ3n) is 4.51.